The van der Waals surface area contributed by atoms with Crippen LogP contribution in [-0.4, -0.2) is 13.2 Å². The molecular weight excluding hydrogens is 258 g/mol. The fraction of sp³-hybridized carbons (Fsp3) is 0.684. The number of ether oxygens (including phenoxy) is 1. The highest BCUT2D eigenvalue weighted by Crippen LogP contribution is 2.24. The Morgan fingerprint density at radius 1 is 1.14 bits per heavy atom. The molecule has 2 heteroatoms. The van der Waals surface area contributed by atoms with Gasteiger partial charge in [0.05, 0.1) is 6.61 Å². The van der Waals surface area contributed by atoms with Gasteiger partial charge in [0.1, 0.15) is 0 Å². The van der Waals surface area contributed by atoms with Crippen molar-refractivity contribution < 1.29 is 4.74 Å². The van der Waals surface area contributed by atoms with Crippen molar-refractivity contribution in [1.82, 2.24) is 5.32 Å². The highest BCUT2D eigenvalue weighted by molar-refractivity contribution is 5.22. The Labute approximate surface area is 130 Å². The first-order valence-corrected chi connectivity index (χ1v) is 8.60. The molecular formula is C19H31NO. The van der Waals surface area contributed by atoms with E-state index < -0.39 is 0 Å². The smallest absolute Gasteiger partial charge is 0.0717 e. The van der Waals surface area contributed by atoms with Crippen molar-refractivity contribution in [3.8, 4) is 0 Å². The quantitative estimate of drug-likeness (QED) is 0.759. The summed E-state index contributed by atoms with van der Waals surface area (Å²) >= 11 is 0. The van der Waals surface area contributed by atoms with E-state index >= 15 is 0 Å². The van der Waals surface area contributed by atoms with E-state index in [9.17, 15) is 0 Å². The van der Waals surface area contributed by atoms with Crippen LogP contribution >= 0.6 is 0 Å². The molecule has 21 heavy (non-hydrogen) atoms. The van der Waals surface area contributed by atoms with Crippen LogP contribution in [0.15, 0.2) is 24.3 Å². The summed E-state index contributed by atoms with van der Waals surface area (Å²) in [5, 5.41) is 3.50. The van der Waals surface area contributed by atoms with Crippen LogP contribution in [0.5, 0.6) is 0 Å². The second kappa shape index (κ2) is 9.22. The van der Waals surface area contributed by atoms with Gasteiger partial charge in [-0.2, -0.15) is 0 Å². The van der Waals surface area contributed by atoms with Gasteiger partial charge in [-0.15, -0.1) is 0 Å². The highest BCUT2D eigenvalue weighted by Gasteiger charge is 2.13. The maximum atomic E-state index is 5.94. The molecule has 0 saturated heterocycles. The van der Waals surface area contributed by atoms with Crippen molar-refractivity contribution in [3.05, 3.63) is 35.4 Å². The monoisotopic (exact) mass is 289 g/mol. The summed E-state index contributed by atoms with van der Waals surface area (Å²) in [7, 11) is 0. The predicted octanol–water partition coefficient (Wildman–Crippen LogP) is 4.53. The van der Waals surface area contributed by atoms with Crippen LogP contribution < -0.4 is 5.32 Å². The molecule has 1 aromatic carbocycles. The van der Waals surface area contributed by atoms with Crippen molar-refractivity contribution in [2.75, 3.05) is 13.2 Å². The first-order valence-electron chi connectivity index (χ1n) is 8.60. The molecule has 0 bridgehead atoms. The highest BCUT2D eigenvalue weighted by atomic mass is 16.5. The van der Waals surface area contributed by atoms with Gasteiger partial charge in [-0.05, 0) is 42.3 Å². The minimum absolute atomic E-state index is 0.701. The van der Waals surface area contributed by atoms with E-state index in [4.69, 9.17) is 4.74 Å². The Bertz CT molecular complexity index is 396. The molecule has 1 N–H and O–H groups in total. The average Bonchev–Trinajstić information content (AvgIpc) is 2.48. The largest absolute Gasteiger partial charge is 0.376 e. The normalized spacial score (nSPS) is 16.5. The molecule has 1 saturated carbocycles. The molecule has 1 aliphatic rings. The minimum Gasteiger partial charge on any atom is -0.376 e. The molecule has 2 rings (SSSR count). The Hall–Kier alpha value is -0.860. The zero-order valence-corrected chi connectivity index (χ0v) is 13.7. The van der Waals surface area contributed by atoms with Crippen LogP contribution in [0.1, 0.15) is 57.1 Å². The number of hydrogen-bond donors (Lipinski definition) is 1. The summed E-state index contributed by atoms with van der Waals surface area (Å²) < 4.78 is 5.94. The van der Waals surface area contributed by atoms with E-state index in [0.717, 1.165) is 32.2 Å². The van der Waals surface area contributed by atoms with Crippen molar-refractivity contribution in [1.29, 1.82) is 0 Å². The van der Waals surface area contributed by atoms with Crippen molar-refractivity contribution in [3.63, 3.8) is 0 Å². The van der Waals surface area contributed by atoms with E-state index in [-0.39, 0.29) is 0 Å². The second-order valence-corrected chi connectivity index (χ2v) is 6.86. The third-order valence-electron chi connectivity index (χ3n) is 4.22. The molecule has 0 radical (unpaired) electrons. The zero-order chi connectivity index (χ0) is 14.9. The lowest BCUT2D eigenvalue weighted by Crippen LogP contribution is -2.19. The summed E-state index contributed by atoms with van der Waals surface area (Å²) in [5.74, 6) is 1.50. The number of hydrogen-bond acceptors (Lipinski definition) is 2. The maximum absolute atomic E-state index is 5.94. The standard InChI is InChI=1S/C19H31NO/c1-16(2)12-20-13-18-9-6-10-19(11-18)15-21-14-17-7-4-3-5-8-17/h6,9-11,16-17,20H,3-5,7-8,12-15H2,1-2H3. The number of rotatable bonds is 8. The third kappa shape index (κ3) is 6.62. The van der Waals surface area contributed by atoms with Crippen LogP contribution in [0.2, 0.25) is 0 Å². The van der Waals surface area contributed by atoms with Crippen LogP contribution in [-0.2, 0) is 17.9 Å². The van der Waals surface area contributed by atoms with Gasteiger partial charge in [-0.25, -0.2) is 0 Å². The number of nitrogens with one attached hydrogen (secondary N) is 1. The molecule has 1 aliphatic carbocycles. The molecule has 0 spiro atoms. The van der Waals surface area contributed by atoms with Gasteiger partial charge in [0.25, 0.3) is 0 Å². The van der Waals surface area contributed by atoms with E-state index in [0.29, 0.717) is 5.92 Å². The SMILES string of the molecule is CC(C)CNCc1cccc(COCC2CCCCC2)c1. The van der Waals surface area contributed by atoms with Crippen LogP contribution in [0, 0.1) is 11.8 Å². The van der Waals surface area contributed by atoms with E-state index in [1.807, 2.05) is 0 Å². The molecule has 0 amide bonds. The summed E-state index contributed by atoms with van der Waals surface area (Å²) in [5.41, 5.74) is 2.66. The summed E-state index contributed by atoms with van der Waals surface area (Å²) in [4.78, 5) is 0. The van der Waals surface area contributed by atoms with E-state index in [2.05, 4.69) is 43.4 Å². The molecule has 1 aromatic rings. The van der Waals surface area contributed by atoms with Gasteiger partial charge in [0.15, 0.2) is 0 Å². The summed E-state index contributed by atoms with van der Waals surface area (Å²) in [6, 6.07) is 8.78. The van der Waals surface area contributed by atoms with Crippen LogP contribution in [0.4, 0.5) is 0 Å². The molecule has 0 aliphatic heterocycles. The van der Waals surface area contributed by atoms with Gasteiger partial charge in [-0.1, -0.05) is 57.4 Å². The Balaban J connectivity index is 1.70. The fourth-order valence-electron chi connectivity index (χ4n) is 3.03. The fourth-order valence-corrected chi connectivity index (χ4v) is 3.03. The first kappa shape index (κ1) is 16.5. The summed E-state index contributed by atoms with van der Waals surface area (Å²) in [6.45, 7) is 8.20. The molecule has 1 fully saturated rings. The van der Waals surface area contributed by atoms with Gasteiger partial charge in [0.2, 0.25) is 0 Å². The first-order chi connectivity index (χ1) is 10.2. The van der Waals surface area contributed by atoms with Crippen LogP contribution in [0.3, 0.4) is 0 Å². The Kier molecular flexibility index (Phi) is 7.25. The molecule has 2 nitrogen and oxygen atoms in total. The third-order valence-corrected chi connectivity index (χ3v) is 4.22. The molecule has 118 valence electrons. The lowest BCUT2D eigenvalue weighted by Gasteiger charge is -2.21. The van der Waals surface area contributed by atoms with Crippen molar-refractivity contribution in [2.24, 2.45) is 11.8 Å². The molecule has 0 unspecified atom stereocenters. The zero-order valence-electron chi connectivity index (χ0n) is 13.7. The molecule has 0 atom stereocenters. The van der Waals surface area contributed by atoms with Gasteiger partial charge < -0.3 is 10.1 Å². The lowest BCUT2D eigenvalue weighted by molar-refractivity contribution is 0.0739. The Morgan fingerprint density at radius 3 is 2.67 bits per heavy atom. The van der Waals surface area contributed by atoms with Gasteiger partial charge in [0, 0.05) is 13.2 Å². The van der Waals surface area contributed by atoms with E-state index in [1.165, 1.54) is 43.2 Å². The molecule has 0 heterocycles. The Morgan fingerprint density at radius 2 is 1.90 bits per heavy atom. The lowest BCUT2D eigenvalue weighted by atomic mass is 9.90. The molecule has 0 aromatic heterocycles. The number of benzene rings is 1. The van der Waals surface area contributed by atoms with Gasteiger partial charge >= 0.3 is 0 Å². The predicted molar refractivity (Wildman–Crippen MR) is 89.2 cm³/mol. The van der Waals surface area contributed by atoms with Gasteiger partial charge in [-0.3, -0.25) is 0 Å². The summed E-state index contributed by atoms with van der Waals surface area (Å²) in [6.07, 6.45) is 6.93. The van der Waals surface area contributed by atoms with Crippen LogP contribution in [0.25, 0.3) is 0 Å². The average molecular weight is 289 g/mol. The van der Waals surface area contributed by atoms with E-state index in [1.54, 1.807) is 0 Å². The topological polar surface area (TPSA) is 21.3 Å². The maximum Gasteiger partial charge on any atom is 0.0717 e. The van der Waals surface area contributed by atoms with Crippen molar-refractivity contribution in [2.45, 2.75) is 59.1 Å². The minimum atomic E-state index is 0.701. The second-order valence-electron chi connectivity index (χ2n) is 6.86. The van der Waals surface area contributed by atoms with Crippen molar-refractivity contribution >= 4 is 0 Å².